The number of pyridine rings is 1. The minimum absolute atomic E-state index is 0.0478. The summed E-state index contributed by atoms with van der Waals surface area (Å²) >= 11 is 6.00. The molecule has 0 saturated heterocycles. The lowest BCUT2D eigenvalue weighted by Gasteiger charge is -2.24. The van der Waals surface area contributed by atoms with Crippen molar-refractivity contribution in [3.63, 3.8) is 0 Å². The van der Waals surface area contributed by atoms with Crippen molar-refractivity contribution in [2.24, 2.45) is 0 Å². The van der Waals surface area contributed by atoms with Gasteiger partial charge in [0.2, 0.25) is 0 Å². The third kappa shape index (κ3) is 2.92. The van der Waals surface area contributed by atoms with Crippen LogP contribution in [-0.2, 0) is 11.2 Å². The highest BCUT2D eigenvalue weighted by Gasteiger charge is 2.29. The van der Waals surface area contributed by atoms with E-state index < -0.39 is 11.5 Å². The van der Waals surface area contributed by atoms with Gasteiger partial charge in [0.05, 0.1) is 7.11 Å². The normalized spacial score (nSPS) is 16.8. The number of aromatic nitrogens is 1. The lowest BCUT2D eigenvalue weighted by atomic mass is 9.81. The highest BCUT2D eigenvalue weighted by Crippen LogP contribution is 2.32. The highest BCUT2D eigenvalue weighted by molar-refractivity contribution is 6.30. The number of Topliss-reactive ketones (excluding diaryl/α,β-unsaturated/α-hetero) is 1. The lowest BCUT2D eigenvalue weighted by molar-refractivity contribution is 0.0598. The average Bonchev–Trinajstić information content (AvgIpc) is 2.53. The predicted molar refractivity (Wildman–Crippen MR) is 85.2 cm³/mol. The lowest BCUT2D eigenvalue weighted by Crippen LogP contribution is -2.27. The molecule has 0 spiro atoms. The van der Waals surface area contributed by atoms with Crippen LogP contribution in [0.2, 0.25) is 5.02 Å². The number of benzene rings is 1. The average molecular weight is 332 g/mol. The monoisotopic (exact) mass is 331 g/mol. The van der Waals surface area contributed by atoms with Gasteiger partial charge in [-0.15, -0.1) is 0 Å². The minimum atomic E-state index is -0.751. The van der Waals surface area contributed by atoms with E-state index in [4.69, 9.17) is 11.6 Å². The van der Waals surface area contributed by atoms with Crippen LogP contribution in [0.1, 0.15) is 44.3 Å². The summed E-state index contributed by atoms with van der Waals surface area (Å²) in [5, 5.41) is 0.607. The predicted octanol–water partition coefficient (Wildman–Crippen LogP) is 2.73. The summed E-state index contributed by atoms with van der Waals surface area (Å²) in [6.07, 6.45) is 0.818. The number of fused-ring (bicyclic) bond motifs is 1. The summed E-state index contributed by atoms with van der Waals surface area (Å²) in [4.78, 5) is 38.7. The first-order chi connectivity index (χ1) is 11.0. The number of carbonyl (C=O) groups excluding carboxylic acids is 2. The fourth-order valence-corrected chi connectivity index (χ4v) is 3.09. The van der Waals surface area contributed by atoms with Crippen LogP contribution in [-0.4, -0.2) is 23.8 Å². The van der Waals surface area contributed by atoms with Crippen LogP contribution in [0.5, 0.6) is 0 Å². The van der Waals surface area contributed by atoms with Crippen molar-refractivity contribution in [2.75, 3.05) is 7.11 Å². The van der Waals surface area contributed by atoms with Crippen molar-refractivity contribution in [2.45, 2.75) is 18.8 Å². The number of ether oxygens (including phenoxy) is 1. The number of rotatable bonds is 2. The molecule has 1 aliphatic carbocycles. The Morgan fingerprint density at radius 2 is 2.04 bits per heavy atom. The molecule has 118 valence electrons. The van der Waals surface area contributed by atoms with Crippen LogP contribution in [0.4, 0.5) is 0 Å². The van der Waals surface area contributed by atoms with Gasteiger partial charge >= 0.3 is 5.97 Å². The molecule has 1 atom stereocenters. The summed E-state index contributed by atoms with van der Waals surface area (Å²) < 4.78 is 4.56. The van der Waals surface area contributed by atoms with Gasteiger partial charge in [0.15, 0.2) is 5.78 Å². The Labute approximate surface area is 137 Å². The second kappa shape index (κ2) is 6.01. The number of methoxy groups -OCH3 is 1. The number of nitrogens with one attached hydrogen (secondary N) is 1. The first-order valence-corrected chi connectivity index (χ1v) is 7.50. The van der Waals surface area contributed by atoms with Gasteiger partial charge in [0, 0.05) is 22.7 Å². The Hall–Kier alpha value is -2.40. The molecule has 5 nitrogen and oxygen atoms in total. The van der Waals surface area contributed by atoms with Gasteiger partial charge < -0.3 is 9.72 Å². The van der Waals surface area contributed by atoms with Crippen LogP contribution in [0, 0.1) is 0 Å². The van der Waals surface area contributed by atoms with Gasteiger partial charge in [-0.25, -0.2) is 4.79 Å². The van der Waals surface area contributed by atoms with E-state index in [9.17, 15) is 14.4 Å². The zero-order valence-corrected chi connectivity index (χ0v) is 13.1. The Kier molecular flexibility index (Phi) is 4.05. The number of hydrogen-bond donors (Lipinski definition) is 1. The van der Waals surface area contributed by atoms with Gasteiger partial charge in [-0.2, -0.15) is 0 Å². The van der Waals surface area contributed by atoms with Crippen LogP contribution < -0.4 is 5.56 Å². The third-order valence-corrected chi connectivity index (χ3v) is 4.27. The van der Waals surface area contributed by atoms with Gasteiger partial charge in [0.1, 0.15) is 5.56 Å². The molecule has 0 amide bonds. The maximum atomic E-state index is 12.4. The zero-order valence-electron chi connectivity index (χ0n) is 12.4. The quantitative estimate of drug-likeness (QED) is 0.858. The number of hydrogen-bond acceptors (Lipinski definition) is 4. The second-order valence-corrected chi connectivity index (χ2v) is 5.92. The maximum Gasteiger partial charge on any atom is 0.343 e. The summed E-state index contributed by atoms with van der Waals surface area (Å²) in [6.45, 7) is 0. The van der Waals surface area contributed by atoms with Crippen LogP contribution in [0.3, 0.4) is 0 Å². The Balaban J connectivity index is 2.01. The molecule has 3 rings (SSSR count). The smallest absolute Gasteiger partial charge is 0.343 e. The molecule has 0 saturated carbocycles. The largest absolute Gasteiger partial charge is 0.465 e. The molecule has 1 aliphatic rings. The van der Waals surface area contributed by atoms with Gasteiger partial charge in [0.25, 0.3) is 5.56 Å². The number of aromatic amines is 1. The first kappa shape index (κ1) is 15.5. The van der Waals surface area contributed by atoms with Crippen LogP contribution >= 0.6 is 11.6 Å². The van der Waals surface area contributed by atoms with Gasteiger partial charge in [-0.3, -0.25) is 9.59 Å². The van der Waals surface area contributed by atoms with E-state index in [-0.39, 0.29) is 17.3 Å². The number of esters is 1. The number of H-pyrrole nitrogens is 1. The molecule has 0 radical (unpaired) electrons. The number of ketones is 1. The van der Waals surface area contributed by atoms with E-state index in [1.807, 2.05) is 18.2 Å². The van der Waals surface area contributed by atoms with Gasteiger partial charge in [-0.1, -0.05) is 23.7 Å². The summed E-state index contributed by atoms with van der Waals surface area (Å²) in [7, 11) is 1.19. The van der Waals surface area contributed by atoms with Crippen molar-refractivity contribution >= 4 is 23.4 Å². The molecule has 0 bridgehead atoms. The molecule has 1 N–H and O–H groups in total. The van der Waals surface area contributed by atoms with E-state index in [0.29, 0.717) is 29.1 Å². The Bertz CT molecular complexity index is 856. The molecule has 23 heavy (non-hydrogen) atoms. The fraction of sp³-hybridized carbons (Fsp3) is 0.235. The fourth-order valence-electron chi connectivity index (χ4n) is 2.89. The summed E-state index contributed by atoms with van der Waals surface area (Å²) in [5.41, 5.74) is 1.18. The number of halogens is 1. The van der Waals surface area contributed by atoms with Gasteiger partial charge in [-0.05, 0) is 36.1 Å². The second-order valence-electron chi connectivity index (χ2n) is 5.48. The van der Waals surface area contributed by atoms with Crippen LogP contribution in [0.15, 0.2) is 35.1 Å². The number of carbonyl (C=O) groups is 2. The summed E-state index contributed by atoms with van der Waals surface area (Å²) in [5.74, 6) is -0.912. The van der Waals surface area contributed by atoms with E-state index in [0.717, 1.165) is 5.56 Å². The third-order valence-electron chi connectivity index (χ3n) is 4.03. The van der Waals surface area contributed by atoms with E-state index in [1.54, 1.807) is 6.07 Å². The van der Waals surface area contributed by atoms with Crippen molar-refractivity contribution in [3.8, 4) is 0 Å². The van der Waals surface area contributed by atoms with Crippen molar-refractivity contribution < 1.29 is 14.3 Å². The van der Waals surface area contributed by atoms with Crippen molar-refractivity contribution in [1.82, 2.24) is 4.98 Å². The molecule has 1 aromatic heterocycles. The molecule has 2 aromatic rings. The summed E-state index contributed by atoms with van der Waals surface area (Å²) in [6, 6.07) is 8.67. The Morgan fingerprint density at radius 1 is 1.26 bits per heavy atom. The minimum Gasteiger partial charge on any atom is -0.465 e. The maximum absolute atomic E-state index is 12.4. The molecule has 0 aliphatic heterocycles. The standard InChI is InChI=1S/C17H14ClNO4/c1-23-17(22)13-8-12-14(19-16(13)21)6-10(7-15(12)20)9-3-2-4-11(18)5-9/h2-5,8,10H,6-7H2,1H3,(H,19,21)/t10-/m0/s1. The highest BCUT2D eigenvalue weighted by atomic mass is 35.5. The SMILES string of the molecule is COC(=O)c1cc2c([nH]c1=O)C[C@H](c1cccc(Cl)c1)CC2=O. The molecule has 1 aromatic carbocycles. The Morgan fingerprint density at radius 3 is 2.74 bits per heavy atom. The van der Waals surface area contributed by atoms with E-state index >= 15 is 0 Å². The van der Waals surface area contributed by atoms with E-state index in [2.05, 4.69) is 9.72 Å². The molecule has 0 fully saturated rings. The van der Waals surface area contributed by atoms with E-state index in [1.165, 1.54) is 13.2 Å². The molecule has 1 heterocycles. The molecule has 6 heteroatoms. The molecular weight excluding hydrogens is 318 g/mol. The van der Waals surface area contributed by atoms with Crippen molar-refractivity contribution in [3.05, 3.63) is 68.1 Å². The van der Waals surface area contributed by atoms with Crippen LogP contribution in [0.25, 0.3) is 0 Å². The first-order valence-electron chi connectivity index (χ1n) is 7.12. The van der Waals surface area contributed by atoms with Crippen molar-refractivity contribution in [1.29, 1.82) is 0 Å². The molecular formula is C17H14ClNO4. The topological polar surface area (TPSA) is 76.2 Å². The zero-order chi connectivity index (χ0) is 16.6. The molecule has 0 unspecified atom stereocenters.